The van der Waals surface area contributed by atoms with Gasteiger partial charge in [-0.3, -0.25) is 10.1 Å². The molecule has 0 saturated carbocycles. The van der Waals surface area contributed by atoms with Crippen LogP contribution in [0.4, 0.5) is 17.3 Å². The largest absolute Gasteiger partial charge is 0.490 e. The van der Waals surface area contributed by atoms with Crippen LogP contribution in [-0.4, -0.2) is 51.7 Å². The summed E-state index contributed by atoms with van der Waals surface area (Å²) in [6.45, 7) is 1.95. The third-order valence-corrected chi connectivity index (χ3v) is 4.52. The molecule has 0 spiro atoms. The number of aromatic nitrogens is 4. The topological polar surface area (TPSA) is 137 Å². The number of halogens is 1. The van der Waals surface area contributed by atoms with E-state index < -0.39 is 4.92 Å². The monoisotopic (exact) mass is 417 g/mol. The Morgan fingerprint density at radius 3 is 2.93 bits per heavy atom. The number of anilines is 2. The fourth-order valence-corrected chi connectivity index (χ4v) is 3.21. The van der Waals surface area contributed by atoms with Crippen LogP contribution in [0.25, 0.3) is 10.9 Å². The molecule has 11 nitrogen and oxygen atoms in total. The van der Waals surface area contributed by atoms with Gasteiger partial charge in [0.25, 0.3) is 0 Å². The minimum atomic E-state index is -0.526. The minimum absolute atomic E-state index is 0.0465. The normalized spacial score (nSPS) is 16.6. The Labute approximate surface area is 169 Å². The van der Waals surface area contributed by atoms with Gasteiger partial charge >= 0.3 is 5.69 Å². The van der Waals surface area contributed by atoms with E-state index in [1.807, 2.05) is 0 Å². The highest BCUT2D eigenvalue weighted by Crippen LogP contribution is 2.34. The van der Waals surface area contributed by atoms with Crippen LogP contribution in [0.15, 0.2) is 24.5 Å². The van der Waals surface area contributed by atoms with Gasteiger partial charge in [0.05, 0.1) is 35.2 Å². The number of ether oxygens (including phenoxy) is 2. The fourth-order valence-electron chi connectivity index (χ4n) is 3.02. The van der Waals surface area contributed by atoms with Crippen molar-refractivity contribution in [3.05, 3.63) is 45.6 Å². The molecule has 4 rings (SSSR count). The van der Waals surface area contributed by atoms with Crippen LogP contribution in [-0.2, 0) is 4.74 Å². The molecule has 3 heterocycles. The average molecular weight is 418 g/mol. The first-order valence-electron chi connectivity index (χ1n) is 8.66. The number of fused-ring (bicyclic) bond motifs is 1. The molecule has 1 aromatic carbocycles. The maximum Gasteiger partial charge on any atom is 0.311 e. The van der Waals surface area contributed by atoms with Gasteiger partial charge in [-0.1, -0.05) is 0 Å². The van der Waals surface area contributed by atoms with E-state index >= 15 is 0 Å². The van der Waals surface area contributed by atoms with Gasteiger partial charge in [-0.25, -0.2) is 19.9 Å². The second-order valence-electron chi connectivity index (χ2n) is 6.16. The molecule has 1 aliphatic heterocycles. The summed E-state index contributed by atoms with van der Waals surface area (Å²) < 4.78 is 10.8. The summed E-state index contributed by atoms with van der Waals surface area (Å²) in [5.41, 5.74) is 0.900. The smallest absolute Gasteiger partial charge is 0.311 e. The Morgan fingerprint density at radius 2 is 2.21 bits per heavy atom. The Kier molecular flexibility index (Phi) is 5.34. The Balaban J connectivity index is 1.73. The summed E-state index contributed by atoms with van der Waals surface area (Å²) in [5, 5.41) is 18.1. The molecule has 1 saturated heterocycles. The molecule has 0 bridgehead atoms. The number of hydrogen-bond donors (Lipinski definition) is 2. The van der Waals surface area contributed by atoms with Crippen LogP contribution in [0, 0.1) is 10.1 Å². The molecule has 12 heteroatoms. The Morgan fingerprint density at radius 1 is 1.34 bits per heavy atom. The minimum Gasteiger partial charge on any atom is -0.490 e. The van der Waals surface area contributed by atoms with E-state index in [2.05, 4.69) is 30.6 Å². The number of nitro groups is 1. The highest BCUT2D eigenvalue weighted by atomic mass is 35.5. The summed E-state index contributed by atoms with van der Waals surface area (Å²) in [7, 11) is 1.36. The van der Waals surface area contributed by atoms with Gasteiger partial charge in [-0.15, -0.1) is 0 Å². The quantitative estimate of drug-likeness (QED) is 0.361. The highest BCUT2D eigenvalue weighted by Gasteiger charge is 2.21. The number of nitro benzene ring substituents is 1. The molecule has 29 heavy (non-hydrogen) atoms. The highest BCUT2D eigenvalue weighted by molar-refractivity contribution is 6.28. The first-order chi connectivity index (χ1) is 14.0. The standard InChI is InChI=1S/C17H16ClN7O4/c1-28-13-5-10-9(4-12(13)25(26)27)16(21-8-20-10)23-15-6-11(22-17(18)24-15)14-7-19-2-3-29-14/h4-6,8,14,19H,2-3,7H2,1H3,(H,20,21,22,23,24). The lowest BCUT2D eigenvalue weighted by Gasteiger charge is -2.23. The van der Waals surface area contributed by atoms with Gasteiger partial charge in [0.2, 0.25) is 5.28 Å². The second-order valence-corrected chi connectivity index (χ2v) is 6.49. The van der Waals surface area contributed by atoms with Crippen molar-refractivity contribution in [3.8, 4) is 5.75 Å². The molecule has 1 unspecified atom stereocenters. The maximum absolute atomic E-state index is 11.4. The van der Waals surface area contributed by atoms with Crippen molar-refractivity contribution in [2.75, 3.05) is 32.1 Å². The predicted octanol–water partition coefficient (Wildman–Crippen LogP) is 2.39. The van der Waals surface area contributed by atoms with Crippen molar-refractivity contribution >= 4 is 39.8 Å². The van der Waals surface area contributed by atoms with Crippen molar-refractivity contribution in [1.29, 1.82) is 0 Å². The summed E-state index contributed by atoms with van der Waals surface area (Å²) in [5.74, 6) is 0.832. The number of benzene rings is 1. The van der Waals surface area contributed by atoms with Crippen molar-refractivity contribution in [1.82, 2.24) is 25.3 Å². The van der Waals surface area contributed by atoms with E-state index in [9.17, 15) is 10.1 Å². The molecular weight excluding hydrogens is 402 g/mol. The van der Waals surface area contributed by atoms with Gasteiger partial charge < -0.3 is 20.1 Å². The Hall–Kier alpha value is -3.15. The molecule has 0 amide bonds. The number of methoxy groups -OCH3 is 1. The number of nitrogens with zero attached hydrogens (tertiary/aromatic N) is 5. The van der Waals surface area contributed by atoms with Crippen LogP contribution in [0.3, 0.4) is 0 Å². The van der Waals surface area contributed by atoms with E-state index in [-0.39, 0.29) is 22.8 Å². The average Bonchev–Trinajstić information content (AvgIpc) is 2.73. The van der Waals surface area contributed by atoms with E-state index in [0.29, 0.717) is 41.4 Å². The van der Waals surface area contributed by atoms with Crippen LogP contribution >= 0.6 is 11.6 Å². The van der Waals surface area contributed by atoms with Gasteiger partial charge in [0.1, 0.15) is 24.1 Å². The number of nitrogens with one attached hydrogen (secondary N) is 2. The number of morpholine rings is 1. The van der Waals surface area contributed by atoms with Crippen molar-refractivity contribution in [3.63, 3.8) is 0 Å². The molecule has 0 radical (unpaired) electrons. The van der Waals surface area contributed by atoms with E-state index in [4.69, 9.17) is 21.1 Å². The molecule has 1 aliphatic rings. The predicted molar refractivity (Wildman–Crippen MR) is 105 cm³/mol. The molecule has 1 atom stereocenters. The van der Waals surface area contributed by atoms with Gasteiger partial charge in [0, 0.05) is 31.3 Å². The second kappa shape index (κ2) is 8.07. The zero-order chi connectivity index (χ0) is 20.4. The van der Waals surface area contributed by atoms with Gasteiger partial charge in [-0.2, -0.15) is 0 Å². The van der Waals surface area contributed by atoms with Crippen LogP contribution in [0.1, 0.15) is 11.8 Å². The molecule has 3 aromatic rings. The zero-order valence-corrected chi connectivity index (χ0v) is 16.0. The molecule has 2 aromatic heterocycles. The van der Waals surface area contributed by atoms with E-state index in [1.165, 1.54) is 25.6 Å². The lowest BCUT2D eigenvalue weighted by molar-refractivity contribution is -0.385. The van der Waals surface area contributed by atoms with Gasteiger partial charge in [0.15, 0.2) is 5.75 Å². The lowest BCUT2D eigenvalue weighted by Crippen LogP contribution is -2.33. The molecular formula is C17H16ClN7O4. The molecule has 1 fully saturated rings. The first kappa shape index (κ1) is 19.2. The van der Waals surface area contributed by atoms with E-state index in [0.717, 1.165) is 6.54 Å². The maximum atomic E-state index is 11.4. The summed E-state index contributed by atoms with van der Waals surface area (Å²) >= 11 is 6.08. The molecule has 150 valence electrons. The summed E-state index contributed by atoms with van der Waals surface area (Å²) in [6.07, 6.45) is 1.09. The van der Waals surface area contributed by atoms with Crippen LogP contribution in [0.5, 0.6) is 5.75 Å². The third-order valence-electron chi connectivity index (χ3n) is 4.36. The van der Waals surface area contributed by atoms with Gasteiger partial charge in [-0.05, 0) is 11.6 Å². The summed E-state index contributed by atoms with van der Waals surface area (Å²) in [4.78, 5) is 27.6. The lowest BCUT2D eigenvalue weighted by atomic mass is 10.2. The van der Waals surface area contributed by atoms with E-state index in [1.54, 1.807) is 6.07 Å². The fraction of sp³-hybridized carbons (Fsp3) is 0.294. The molecule has 0 aliphatic carbocycles. The summed E-state index contributed by atoms with van der Waals surface area (Å²) in [6, 6.07) is 4.55. The van der Waals surface area contributed by atoms with Crippen molar-refractivity contribution in [2.24, 2.45) is 0 Å². The van der Waals surface area contributed by atoms with Crippen molar-refractivity contribution in [2.45, 2.75) is 6.10 Å². The molecule has 2 N–H and O–H groups in total. The number of rotatable bonds is 5. The van der Waals surface area contributed by atoms with Crippen molar-refractivity contribution < 1.29 is 14.4 Å². The first-order valence-corrected chi connectivity index (χ1v) is 9.04. The van der Waals surface area contributed by atoms with Crippen LogP contribution < -0.4 is 15.4 Å². The zero-order valence-electron chi connectivity index (χ0n) is 15.3. The Bertz CT molecular complexity index is 1080. The number of hydrogen-bond acceptors (Lipinski definition) is 10. The SMILES string of the molecule is COc1cc2ncnc(Nc3cc(C4CNCCO4)nc(Cl)n3)c2cc1[N+](=O)[O-]. The van der Waals surface area contributed by atoms with Crippen LogP contribution in [0.2, 0.25) is 5.28 Å². The third kappa shape index (κ3) is 4.01.